The van der Waals surface area contributed by atoms with Crippen molar-refractivity contribution in [2.45, 2.75) is 44.2 Å². The van der Waals surface area contributed by atoms with Crippen LogP contribution in [0.1, 0.15) is 32.6 Å². The molecule has 82 valence electrons. The molecule has 3 N–H and O–H groups in total. The molecule has 1 fully saturated rings. The van der Waals surface area contributed by atoms with Gasteiger partial charge < -0.3 is 15.7 Å². The van der Waals surface area contributed by atoms with Crippen molar-refractivity contribution >= 4 is 5.91 Å². The highest BCUT2D eigenvalue weighted by molar-refractivity contribution is 5.80. The van der Waals surface area contributed by atoms with Crippen molar-refractivity contribution in [1.82, 2.24) is 4.90 Å². The molecular formula is C10H20N2O2. The third kappa shape index (κ3) is 2.69. The minimum atomic E-state index is -0.667. The van der Waals surface area contributed by atoms with Crippen LogP contribution in [0.3, 0.4) is 0 Å². The summed E-state index contributed by atoms with van der Waals surface area (Å²) in [5.41, 5.74) is 4.81. The summed E-state index contributed by atoms with van der Waals surface area (Å²) in [6.45, 7) is 2.07. The molecule has 4 nitrogen and oxygen atoms in total. The van der Waals surface area contributed by atoms with Gasteiger partial charge in [0.15, 0.2) is 0 Å². The number of aliphatic hydroxyl groups is 1. The van der Waals surface area contributed by atoms with E-state index in [1.54, 1.807) is 14.0 Å². The number of rotatable bonds is 3. The van der Waals surface area contributed by atoms with Crippen molar-refractivity contribution < 1.29 is 9.90 Å². The van der Waals surface area contributed by atoms with Crippen molar-refractivity contribution in [3.63, 3.8) is 0 Å². The van der Waals surface area contributed by atoms with Gasteiger partial charge in [-0.25, -0.2) is 0 Å². The van der Waals surface area contributed by atoms with E-state index in [4.69, 9.17) is 5.73 Å². The van der Waals surface area contributed by atoms with Crippen LogP contribution in [0.25, 0.3) is 0 Å². The number of nitrogens with two attached hydrogens (primary N) is 1. The van der Waals surface area contributed by atoms with Crippen LogP contribution in [0.4, 0.5) is 0 Å². The van der Waals surface area contributed by atoms with Crippen molar-refractivity contribution in [2.75, 3.05) is 13.6 Å². The average Bonchev–Trinajstić information content (AvgIpc) is 2.50. The fourth-order valence-corrected chi connectivity index (χ4v) is 2.06. The van der Waals surface area contributed by atoms with Gasteiger partial charge in [0.05, 0.1) is 11.6 Å². The van der Waals surface area contributed by atoms with Gasteiger partial charge in [-0.15, -0.1) is 0 Å². The summed E-state index contributed by atoms with van der Waals surface area (Å²) in [6, 6.07) is -0.481. The Morgan fingerprint density at radius 2 is 2.07 bits per heavy atom. The standard InChI is InChI=1S/C10H20N2O2/c1-8(11)9(13)12(2)7-10(14)5-3-4-6-10/h8,14H,3-7,11H2,1-2H3. The van der Waals surface area contributed by atoms with E-state index in [0.29, 0.717) is 6.54 Å². The zero-order valence-electron chi connectivity index (χ0n) is 8.99. The molecule has 0 aromatic rings. The number of nitrogens with zero attached hydrogens (tertiary/aromatic N) is 1. The molecule has 0 radical (unpaired) electrons. The van der Waals surface area contributed by atoms with Crippen LogP contribution >= 0.6 is 0 Å². The third-order valence-corrected chi connectivity index (χ3v) is 2.83. The van der Waals surface area contributed by atoms with E-state index in [9.17, 15) is 9.90 Å². The molecule has 14 heavy (non-hydrogen) atoms. The zero-order valence-corrected chi connectivity index (χ0v) is 8.99. The topological polar surface area (TPSA) is 66.6 Å². The first-order chi connectivity index (χ1) is 6.44. The van der Waals surface area contributed by atoms with E-state index in [0.717, 1.165) is 25.7 Å². The van der Waals surface area contributed by atoms with Gasteiger partial charge in [0.2, 0.25) is 5.91 Å². The molecule has 1 saturated carbocycles. The second-order valence-electron chi connectivity index (χ2n) is 4.41. The van der Waals surface area contributed by atoms with Crippen LogP contribution in [0, 0.1) is 0 Å². The van der Waals surface area contributed by atoms with Gasteiger partial charge in [0, 0.05) is 13.6 Å². The summed E-state index contributed by atoms with van der Waals surface area (Å²) in [5.74, 6) is -0.106. The van der Waals surface area contributed by atoms with Crippen LogP contribution in [-0.2, 0) is 4.79 Å². The first-order valence-electron chi connectivity index (χ1n) is 5.17. The largest absolute Gasteiger partial charge is 0.388 e. The quantitative estimate of drug-likeness (QED) is 0.679. The highest BCUT2D eigenvalue weighted by Gasteiger charge is 2.33. The Balaban J connectivity index is 2.47. The SMILES string of the molecule is CC(N)C(=O)N(C)CC1(O)CCCC1. The number of hydrogen-bond donors (Lipinski definition) is 2. The second kappa shape index (κ2) is 4.28. The fourth-order valence-electron chi connectivity index (χ4n) is 2.06. The molecule has 1 atom stereocenters. The van der Waals surface area contributed by atoms with Crippen molar-refractivity contribution in [1.29, 1.82) is 0 Å². The van der Waals surface area contributed by atoms with Gasteiger partial charge in [0.1, 0.15) is 0 Å². The minimum Gasteiger partial charge on any atom is -0.388 e. The lowest BCUT2D eigenvalue weighted by Crippen LogP contribution is -2.47. The predicted octanol–water partition coefficient (Wildman–Crippen LogP) is 0.0971. The van der Waals surface area contributed by atoms with E-state index in [1.165, 1.54) is 4.90 Å². The first kappa shape index (κ1) is 11.5. The van der Waals surface area contributed by atoms with Crippen LogP contribution in [0.5, 0.6) is 0 Å². The predicted molar refractivity (Wildman–Crippen MR) is 54.7 cm³/mol. The monoisotopic (exact) mass is 200 g/mol. The van der Waals surface area contributed by atoms with Gasteiger partial charge in [-0.2, -0.15) is 0 Å². The van der Waals surface area contributed by atoms with Gasteiger partial charge in [0.25, 0.3) is 0 Å². The minimum absolute atomic E-state index is 0.106. The summed E-state index contributed by atoms with van der Waals surface area (Å²) in [5, 5.41) is 10.1. The molecule has 0 aromatic carbocycles. The normalized spacial score (nSPS) is 22.0. The lowest BCUT2D eigenvalue weighted by Gasteiger charge is -2.29. The van der Waals surface area contributed by atoms with Gasteiger partial charge in [-0.05, 0) is 19.8 Å². The molecule has 1 aliphatic rings. The van der Waals surface area contributed by atoms with E-state index in [-0.39, 0.29) is 5.91 Å². The molecule has 0 heterocycles. The molecular weight excluding hydrogens is 180 g/mol. The van der Waals surface area contributed by atoms with Crippen LogP contribution in [-0.4, -0.2) is 41.1 Å². The fraction of sp³-hybridized carbons (Fsp3) is 0.900. The number of carbonyl (C=O) groups is 1. The van der Waals surface area contributed by atoms with E-state index in [1.807, 2.05) is 0 Å². The summed E-state index contributed by atoms with van der Waals surface area (Å²) < 4.78 is 0. The van der Waals surface area contributed by atoms with Gasteiger partial charge in [-0.3, -0.25) is 4.79 Å². The van der Waals surface area contributed by atoms with Crippen LogP contribution in [0.15, 0.2) is 0 Å². The lowest BCUT2D eigenvalue weighted by atomic mass is 10.0. The number of amides is 1. The molecule has 1 unspecified atom stereocenters. The van der Waals surface area contributed by atoms with E-state index >= 15 is 0 Å². The van der Waals surface area contributed by atoms with Crippen LogP contribution in [0.2, 0.25) is 0 Å². The molecule has 1 rings (SSSR count). The molecule has 0 bridgehead atoms. The first-order valence-corrected chi connectivity index (χ1v) is 5.17. The molecule has 0 saturated heterocycles. The van der Waals surface area contributed by atoms with Gasteiger partial charge >= 0.3 is 0 Å². The highest BCUT2D eigenvalue weighted by Crippen LogP contribution is 2.29. The molecule has 1 aliphatic carbocycles. The smallest absolute Gasteiger partial charge is 0.239 e. The Bertz CT molecular complexity index is 210. The Morgan fingerprint density at radius 3 is 2.50 bits per heavy atom. The van der Waals surface area contributed by atoms with E-state index in [2.05, 4.69) is 0 Å². The Hall–Kier alpha value is -0.610. The number of carbonyl (C=O) groups excluding carboxylic acids is 1. The van der Waals surface area contributed by atoms with Gasteiger partial charge in [-0.1, -0.05) is 12.8 Å². The molecule has 0 aliphatic heterocycles. The summed E-state index contributed by atoms with van der Waals surface area (Å²) >= 11 is 0. The third-order valence-electron chi connectivity index (χ3n) is 2.83. The van der Waals surface area contributed by atoms with Crippen molar-refractivity contribution in [3.05, 3.63) is 0 Å². The summed E-state index contributed by atoms with van der Waals surface area (Å²) in [6.07, 6.45) is 3.70. The average molecular weight is 200 g/mol. The molecule has 0 spiro atoms. The molecule has 0 aromatic heterocycles. The van der Waals surface area contributed by atoms with Crippen molar-refractivity contribution in [2.24, 2.45) is 5.73 Å². The number of hydrogen-bond acceptors (Lipinski definition) is 3. The number of likely N-dealkylation sites (N-methyl/N-ethyl adjacent to an activating group) is 1. The van der Waals surface area contributed by atoms with E-state index < -0.39 is 11.6 Å². The second-order valence-corrected chi connectivity index (χ2v) is 4.41. The maximum Gasteiger partial charge on any atom is 0.239 e. The summed E-state index contributed by atoms with van der Waals surface area (Å²) in [4.78, 5) is 13.0. The molecule has 4 heteroatoms. The lowest BCUT2D eigenvalue weighted by molar-refractivity contribution is -0.134. The highest BCUT2D eigenvalue weighted by atomic mass is 16.3. The Labute approximate surface area is 85.1 Å². The Kier molecular flexibility index (Phi) is 3.50. The van der Waals surface area contributed by atoms with Crippen molar-refractivity contribution in [3.8, 4) is 0 Å². The summed E-state index contributed by atoms with van der Waals surface area (Å²) in [7, 11) is 1.70. The zero-order chi connectivity index (χ0) is 10.8. The maximum atomic E-state index is 11.5. The molecule has 1 amide bonds. The Morgan fingerprint density at radius 1 is 1.57 bits per heavy atom. The maximum absolute atomic E-state index is 11.5. The van der Waals surface area contributed by atoms with Crippen LogP contribution < -0.4 is 5.73 Å².